The van der Waals surface area contributed by atoms with Gasteiger partial charge in [0.05, 0.1) is 0 Å². The third-order valence-electron chi connectivity index (χ3n) is 3.56. The predicted octanol–water partition coefficient (Wildman–Crippen LogP) is 7.43. The summed E-state index contributed by atoms with van der Waals surface area (Å²) < 4.78 is 7.14. The fourth-order valence-corrected chi connectivity index (χ4v) is 2.87. The second kappa shape index (κ2) is 7.01. The first-order valence-electron chi connectivity index (χ1n) is 7.90. The third-order valence-corrected chi connectivity index (χ3v) is 4.09. The van der Waals surface area contributed by atoms with Crippen LogP contribution in [0.4, 0.5) is 0 Å². The van der Waals surface area contributed by atoms with Gasteiger partial charge in [-0.1, -0.05) is 84.7 Å². The van der Waals surface area contributed by atoms with Gasteiger partial charge in [-0.3, -0.25) is 0 Å². The number of benzene rings is 3. The number of hydrogen-bond acceptors (Lipinski definition) is 1. The van der Waals surface area contributed by atoms with Crippen molar-refractivity contribution in [3.05, 3.63) is 71.2 Å². The van der Waals surface area contributed by atoms with Gasteiger partial charge in [0, 0.05) is 20.8 Å². The number of para-hydroxylation sites is 2. The molecule has 0 saturated carbocycles. The number of furan rings is 1. The summed E-state index contributed by atoms with van der Waals surface area (Å²) in [5, 5.41) is 2.34. The van der Waals surface area contributed by atoms with Crippen molar-refractivity contribution in [2.24, 2.45) is 0 Å². The van der Waals surface area contributed by atoms with Gasteiger partial charge in [-0.25, -0.2) is 0 Å². The molecule has 0 atom stereocenters. The van der Waals surface area contributed by atoms with Gasteiger partial charge in [-0.05, 0) is 23.8 Å². The lowest BCUT2D eigenvalue weighted by atomic mass is 10.0. The molecular weight excluding hydrogens is 348 g/mol. The van der Waals surface area contributed by atoms with Crippen molar-refractivity contribution in [1.82, 2.24) is 0 Å². The van der Waals surface area contributed by atoms with E-state index in [1.807, 2.05) is 18.2 Å². The van der Waals surface area contributed by atoms with Crippen molar-refractivity contribution >= 4 is 37.9 Å². The molecule has 1 heterocycles. The van der Waals surface area contributed by atoms with Gasteiger partial charge < -0.3 is 4.42 Å². The Bertz CT molecular complexity index is 920. The van der Waals surface area contributed by atoms with Crippen LogP contribution in [0.15, 0.2) is 75.6 Å². The summed E-state index contributed by atoms with van der Waals surface area (Å²) in [7, 11) is 0. The Morgan fingerprint density at radius 2 is 1.43 bits per heavy atom. The Morgan fingerprint density at radius 3 is 2.17 bits per heavy atom. The highest BCUT2D eigenvalue weighted by molar-refractivity contribution is 9.10. The van der Waals surface area contributed by atoms with Crippen molar-refractivity contribution in [3.63, 3.8) is 0 Å². The zero-order valence-corrected chi connectivity index (χ0v) is 14.9. The molecule has 2 heteroatoms. The van der Waals surface area contributed by atoms with Crippen LogP contribution in [0, 0.1) is 0 Å². The lowest BCUT2D eigenvalue weighted by Gasteiger charge is -2.02. The van der Waals surface area contributed by atoms with Crippen molar-refractivity contribution in [2.75, 3.05) is 0 Å². The molecule has 0 N–H and O–H groups in total. The van der Waals surface area contributed by atoms with Gasteiger partial charge in [0.15, 0.2) is 0 Å². The van der Waals surface area contributed by atoms with Gasteiger partial charge in [0.1, 0.15) is 11.2 Å². The lowest BCUT2D eigenvalue weighted by molar-refractivity contribution is 0.670. The Kier molecular flexibility index (Phi) is 4.82. The van der Waals surface area contributed by atoms with E-state index in [2.05, 4.69) is 78.3 Å². The summed E-state index contributed by atoms with van der Waals surface area (Å²) >= 11 is 3.47. The highest BCUT2D eigenvalue weighted by Gasteiger charge is 2.11. The maximum Gasteiger partial charge on any atom is 0.143 e. The molecule has 0 amide bonds. The molecule has 0 saturated heterocycles. The van der Waals surface area contributed by atoms with E-state index in [0.29, 0.717) is 0 Å². The summed E-state index contributed by atoms with van der Waals surface area (Å²) in [6, 6.07) is 22.8. The number of hydrogen-bond donors (Lipinski definition) is 0. The molecule has 3 aromatic carbocycles. The Morgan fingerprint density at radius 1 is 0.783 bits per heavy atom. The first kappa shape index (κ1) is 15.8. The van der Waals surface area contributed by atoms with Gasteiger partial charge in [0.2, 0.25) is 0 Å². The SMILES string of the molecule is Brc1ccc(-c2cccc3c2oc2ccccc23)cc1.CCC. The quantitative estimate of drug-likeness (QED) is 0.341. The second-order valence-electron chi connectivity index (χ2n) is 5.49. The largest absolute Gasteiger partial charge is 0.455 e. The summed E-state index contributed by atoms with van der Waals surface area (Å²) in [5.41, 5.74) is 4.19. The molecule has 116 valence electrons. The molecule has 0 unspecified atom stereocenters. The van der Waals surface area contributed by atoms with Crippen molar-refractivity contribution in [3.8, 4) is 11.1 Å². The first-order chi connectivity index (χ1) is 11.2. The first-order valence-corrected chi connectivity index (χ1v) is 8.70. The topological polar surface area (TPSA) is 13.1 Å². The van der Waals surface area contributed by atoms with Gasteiger partial charge in [-0.2, -0.15) is 0 Å². The molecule has 1 nitrogen and oxygen atoms in total. The minimum Gasteiger partial charge on any atom is -0.455 e. The van der Waals surface area contributed by atoms with E-state index in [-0.39, 0.29) is 0 Å². The van der Waals surface area contributed by atoms with Crippen molar-refractivity contribution in [1.29, 1.82) is 0 Å². The molecule has 0 radical (unpaired) electrons. The Labute approximate surface area is 145 Å². The van der Waals surface area contributed by atoms with Crippen molar-refractivity contribution in [2.45, 2.75) is 20.3 Å². The fourth-order valence-electron chi connectivity index (χ4n) is 2.60. The van der Waals surface area contributed by atoms with Crippen LogP contribution < -0.4 is 0 Å². The van der Waals surface area contributed by atoms with Crippen LogP contribution in [0.3, 0.4) is 0 Å². The van der Waals surface area contributed by atoms with Crippen molar-refractivity contribution < 1.29 is 4.42 Å². The predicted molar refractivity (Wildman–Crippen MR) is 103 cm³/mol. The van der Waals surface area contributed by atoms with Crippen LogP contribution in [0.1, 0.15) is 20.3 Å². The maximum absolute atomic E-state index is 6.06. The van der Waals surface area contributed by atoms with Gasteiger partial charge in [0.25, 0.3) is 0 Å². The van der Waals surface area contributed by atoms with Gasteiger partial charge >= 0.3 is 0 Å². The molecule has 0 fully saturated rings. The van der Waals surface area contributed by atoms with Gasteiger partial charge in [-0.15, -0.1) is 0 Å². The average Bonchev–Trinajstić information content (AvgIpc) is 2.95. The lowest BCUT2D eigenvalue weighted by Crippen LogP contribution is -1.78. The molecule has 0 aliphatic carbocycles. The molecule has 0 bridgehead atoms. The van der Waals surface area contributed by atoms with E-state index in [0.717, 1.165) is 26.8 Å². The highest BCUT2D eigenvalue weighted by atomic mass is 79.9. The van der Waals surface area contributed by atoms with E-state index in [1.54, 1.807) is 0 Å². The molecule has 4 aromatic rings. The molecule has 0 aliphatic rings. The van der Waals surface area contributed by atoms with E-state index in [4.69, 9.17) is 4.42 Å². The van der Waals surface area contributed by atoms with Crippen LogP contribution in [-0.4, -0.2) is 0 Å². The average molecular weight is 367 g/mol. The van der Waals surface area contributed by atoms with Crippen LogP contribution in [-0.2, 0) is 0 Å². The molecule has 1 aromatic heterocycles. The van der Waals surface area contributed by atoms with Crippen LogP contribution in [0.2, 0.25) is 0 Å². The van der Waals surface area contributed by atoms with E-state index in [1.165, 1.54) is 17.2 Å². The molecular formula is C21H19BrO. The number of rotatable bonds is 1. The zero-order chi connectivity index (χ0) is 16.2. The second-order valence-corrected chi connectivity index (χ2v) is 6.41. The standard InChI is InChI=1S/C18H11BrO.C3H8/c19-13-10-8-12(9-11-13)14-5-3-6-16-15-4-1-2-7-17(15)20-18(14)16;1-3-2/h1-11H;3H2,1-2H3. The number of fused-ring (bicyclic) bond motifs is 3. The van der Waals surface area contributed by atoms with Crippen LogP contribution in [0.5, 0.6) is 0 Å². The summed E-state index contributed by atoms with van der Waals surface area (Å²) in [5.74, 6) is 0. The van der Waals surface area contributed by atoms with E-state index in [9.17, 15) is 0 Å². The van der Waals surface area contributed by atoms with E-state index >= 15 is 0 Å². The maximum atomic E-state index is 6.06. The summed E-state index contributed by atoms with van der Waals surface area (Å²) in [4.78, 5) is 0. The van der Waals surface area contributed by atoms with E-state index < -0.39 is 0 Å². The molecule has 23 heavy (non-hydrogen) atoms. The zero-order valence-electron chi connectivity index (χ0n) is 13.3. The van der Waals surface area contributed by atoms with Crippen LogP contribution >= 0.6 is 15.9 Å². The third kappa shape index (κ3) is 3.18. The molecule has 0 aliphatic heterocycles. The Balaban J connectivity index is 0.000000485. The summed E-state index contributed by atoms with van der Waals surface area (Å²) in [6.45, 7) is 4.25. The molecule has 0 spiro atoms. The number of halogens is 1. The fraction of sp³-hybridized carbons (Fsp3) is 0.143. The minimum absolute atomic E-state index is 0.937. The molecule has 4 rings (SSSR count). The summed E-state index contributed by atoms with van der Waals surface area (Å²) in [6.07, 6.45) is 1.25. The smallest absolute Gasteiger partial charge is 0.143 e. The highest BCUT2D eigenvalue weighted by Crippen LogP contribution is 2.35. The Hall–Kier alpha value is -2.06. The van der Waals surface area contributed by atoms with Crippen LogP contribution in [0.25, 0.3) is 33.1 Å². The monoisotopic (exact) mass is 366 g/mol. The normalized spacial score (nSPS) is 10.6. The minimum atomic E-state index is 0.937.